The lowest BCUT2D eigenvalue weighted by Gasteiger charge is -2.32. The van der Waals surface area contributed by atoms with E-state index in [1.165, 1.54) is 24.2 Å². The first-order valence-corrected chi connectivity index (χ1v) is 6.03. The van der Waals surface area contributed by atoms with E-state index in [0.29, 0.717) is 11.9 Å². The van der Waals surface area contributed by atoms with Gasteiger partial charge in [-0.15, -0.1) is 0 Å². The van der Waals surface area contributed by atoms with Crippen LogP contribution < -0.4 is 0 Å². The largest absolute Gasteiger partial charge is 0.315 e. The maximum Gasteiger partial charge on any atom is 0.228 e. The van der Waals surface area contributed by atoms with Crippen LogP contribution in [0.3, 0.4) is 0 Å². The highest BCUT2D eigenvalue weighted by Crippen LogP contribution is 2.41. The molecule has 1 unspecified atom stereocenters. The predicted molar refractivity (Wildman–Crippen MR) is 53.4 cm³/mol. The fourth-order valence-corrected chi connectivity index (χ4v) is 3.75. The summed E-state index contributed by atoms with van der Waals surface area (Å²) in [6.45, 7) is 0. The summed E-state index contributed by atoms with van der Waals surface area (Å²) in [6, 6.07) is 0.545. The molecule has 0 aliphatic carbocycles. The molecule has 13 heavy (non-hydrogen) atoms. The summed E-state index contributed by atoms with van der Waals surface area (Å²) >= 11 is 2.07. The van der Waals surface area contributed by atoms with E-state index >= 15 is 0 Å². The Hall–Kier alpha value is -0.440. The lowest BCUT2D eigenvalue weighted by Crippen LogP contribution is -2.45. The lowest BCUT2D eigenvalue weighted by atomic mass is 9.99. The van der Waals surface area contributed by atoms with Gasteiger partial charge in [0.25, 0.3) is 0 Å². The third-order valence-electron chi connectivity index (χ3n) is 3.21. The van der Waals surface area contributed by atoms with Crippen molar-refractivity contribution in [2.45, 2.75) is 37.0 Å². The highest BCUT2D eigenvalue weighted by atomic mass is 32.2. The quantitative estimate of drug-likeness (QED) is 0.594. The Balaban J connectivity index is 1.75. The minimum atomic E-state index is 0.322. The molecule has 0 bridgehead atoms. The second-order valence-corrected chi connectivity index (χ2v) is 5.38. The number of β-lactam (4-membered cyclic amide) rings is 1. The van der Waals surface area contributed by atoms with Crippen LogP contribution in [0.2, 0.25) is 0 Å². The van der Waals surface area contributed by atoms with Gasteiger partial charge >= 0.3 is 0 Å². The molecule has 3 heteroatoms. The maximum atomic E-state index is 11.1. The minimum Gasteiger partial charge on any atom is -0.315 e. The van der Waals surface area contributed by atoms with E-state index < -0.39 is 0 Å². The van der Waals surface area contributed by atoms with E-state index in [-0.39, 0.29) is 0 Å². The average Bonchev–Trinajstić information content (AvgIpc) is 2.69. The van der Waals surface area contributed by atoms with Crippen LogP contribution in [0, 0.1) is 0 Å². The van der Waals surface area contributed by atoms with Gasteiger partial charge in [0.2, 0.25) is 5.91 Å². The van der Waals surface area contributed by atoms with E-state index in [1.54, 1.807) is 0 Å². The molecule has 2 nitrogen and oxygen atoms in total. The Morgan fingerprint density at radius 2 is 2.38 bits per heavy atom. The second-order valence-electron chi connectivity index (χ2n) is 4.07. The van der Waals surface area contributed by atoms with Crippen LogP contribution in [0.25, 0.3) is 0 Å². The smallest absolute Gasteiger partial charge is 0.228 e. The van der Waals surface area contributed by atoms with Gasteiger partial charge in [-0.05, 0) is 30.6 Å². The number of carbonyl (C=O) groups is 1. The number of fused-ring (bicyclic) bond motifs is 1. The first kappa shape index (κ1) is 7.92. The van der Waals surface area contributed by atoms with Gasteiger partial charge < -0.3 is 4.90 Å². The summed E-state index contributed by atoms with van der Waals surface area (Å²) in [5.41, 5.74) is 1.53. The molecule has 0 aromatic carbocycles. The molecule has 0 aromatic rings. The molecular formula is C10H13NOS. The molecular weight excluding hydrogens is 182 g/mol. The van der Waals surface area contributed by atoms with Gasteiger partial charge in [-0.25, -0.2) is 0 Å². The van der Waals surface area contributed by atoms with Crippen molar-refractivity contribution in [2.75, 3.05) is 5.75 Å². The molecule has 0 aromatic heterocycles. The minimum absolute atomic E-state index is 0.322. The van der Waals surface area contributed by atoms with Crippen LogP contribution in [0.4, 0.5) is 0 Å². The lowest BCUT2D eigenvalue weighted by molar-refractivity contribution is -0.140. The molecule has 0 spiro atoms. The molecule has 2 saturated heterocycles. The van der Waals surface area contributed by atoms with E-state index in [4.69, 9.17) is 0 Å². The van der Waals surface area contributed by atoms with E-state index in [0.717, 1.165) is 18.1 Å². The summed E-state index contributed by atoms with van der Waals surface area (Å²) in [5.74, 6) is 1.63. The van der Waals surface area contributed by atoms with Gasteiger partial charge in [-0.2, -0.15) is 11.8 Å². The number of rotatable bonds is 1. The van der Waals surface area contributed by atoms with Gasteiger partial charge in [0.05, 0.1) is 0 Å². The number of thioether (sulfide) groups is 1. The highest BCUT2D eigenvalue weighted by molar-refractivity contribution is 8.00. The molecule has 3 aliphatic heterocycles. The van der Waals surface area contributed by atoms with Crippen LogP contribution in [-0.2, 0) is 4.79 Å². The van der Waals surface area contributed by atoms with Crippen LogP contribution in [0.5, 0.6) is 0 Å². The van der Waals surface area contributed by atoms with Gasteiger partial charge in [0.1, 0.15) is 0 Å². The maximum absolute atomic E-state index is 11.1. The van der Waals surface area contributed by atoms with E-state index in [2.05, 4.69) is 18.0 Å². The Bertz CT molecular complexity index is 281. The van der Waals surface area contributed by atoms with Crippen LogP contribution >= 0.6 is 11.8 Å². The van der Waals surface area contributed by atoms with Crippen molar-refractivity contribution < 1.29 is 4.79 Å². The molecule has 3 aliphatic rings. The molecule has 2 atom stereocenters. The first-order chi connectivity index (χ1) is 6.34. The standard InChI is InChI=1S/C10H13NOS/c12-10-5-8-4-7(6-11(8)10)9-2-1-3-13-9/h6,8-9H,1-5H2/t8-,9?/m1/s1. The van der Waals surface area contributed by atoms with Gasteiger partial charge in [0, 0.05) is 23.9 Å². The van der Waals surface area contributed by atoms with Crippen molar-refractivity contribution in [3.05, 3.63) is 11.8 Å². The number of hydrogen-bond donors (Lipinski definition) is 0. The van der Waals surface area contributed by atoms with Crippen molar-refractivity contribution in [3.8, 4) is 0 Å². The third kappa shape index (κ3) is 1.13. The van der Waals surface area contributed by atoms with Crippen LogP contribution in [0.15, 0.2) is 11.8 Å². The molecule has 3 heterocycles. The topological polar surface area (TPSA) is 20.3 Å². The van der Waals surface area contributed by atoms with Crippen LogP contribution in [0.1, 0.15) is 25.7 Å². The summed E-state index contributed by atoms with van der Waals surface area (Å²) in [7, 11) is 0. The van der Waals surface area contributed by atoms with Gasteiger partial charge in [-0.3, -0.25) is 4.79 Å². The molecule has 0 radical (unpaired) electrons. The Morgan fingerprint density at radius 3 is 3.00 bits per heavy atom. The summed E-state index contributed by atoms with van der Waals surface area (Å²) in [4.78, 5) is 13.1. The molecule has 1 amide bonds. The predicted octanol–water partition coefficient (Wildman–Crippen LogP) is 1.77. The molecule has 2 fully saturated rings. The van der Waals surface area contributed by atoms with Crippen molar-refractivity contribution >= 4 is 17.7 Å². The Morgan fingerprint density at radius 1 is 1.46 bits per heavy atom. The summed E-state index contributed by atoms with van der Waals surface area (Å²) < 4.78 is 0. The third-order valence-corrected chi connectivity index (χ3v) is 4.68. The van der Waals surface area contributed by atoms with Crippen molar-refractivity contribution in [3.63, 3.8) is 0 Å². The highest BCUT2D eigenvalue weighted by Gasteiger charge is 2.41. The van der Waals surface area contributed by atoms with E-state index in [1.807, 2.05) is 4.90 Å². The molecule has 3 rings (SSSR count). The zero-order valence-electron chi connectivity index (χ0n) is 7.53. The Labute approximate surface area is 82.4 Å². The van der Waals surface area contributed by atoms with E-state index in [9.17, 15) is 4.79 Å². The van der Waals surface area contributed by atoms with Crippen molar-refractivity contribution in [1.29, 1.82) is 0 Å². The molecule has 0 N–H and O–H groups in total. The fraction of sp³-hybridized carbons (Fsp3) is 0.700. The second kappa shape index (κ2) is 2.77. The normalized spacial score (nSPS) is 37.4. The SMILES string of the molecule is O=C1C[C@H]2CC(C3CCCS3)=CN12. The molecule has 0 saturated carbocycles. The Kier molecular flexibility index (Phi) is 1.69. The zero-order valence-corrected chi connectivity index (χ0v) is 8.35. The van der Waals surface area contributed by atoms with Gasteiger partial charge in [-0.1, -0.05) is 0 Å². The number of amides is 1. The first-order valence-electron chi connectivity index (χ1n) is 4.98. The summed E-state index contributed by atoms with van der Waals surface area (Å²) in [5, 5.41) is 0.735. The number of carbonyl (C=O) groups excluding carboxylic acids is 1. The molecule has 70 valence electrons. The van der Waals surface area contributed by atoms with Crippen LogP contribution in [-0.4, -0.2) is 27.9 Å². The average molecular weight is 195 g/mol. The summed E-state index contributed by atoms with van der Waals surface area (Å²) in [6.07, 6.45) is 6.75. The van der Waals surface area contributed by atoms with Crippen molar-refractivity contribution in [1.82, 2.24) is 4.90 Å². The zero-order chi connectivity index (χ0) is 8.84. The monoisotopic (exact) mass is 195 g/mol. The fourth-order valence-electron chi connectivity index (χ4n) is 2.43. The van der Waals surface area contributed by atoms with Gasteiger partial charge in [0.15, 0.2) is 0 Å². The number of hydrogen-bond acceptors (Lipinski definition) is 2. The van der Waals surface area contributed by atoms with Crippen molar-refractivity contribution in [2.24, 2.45) is 0 Å². The number of nitrogens with zero attached hydrogens (tertiary/aromatic N) is 1.